The first-order valence-electron chi connectivity index (χ1n) is 7.64. The molecule has 2 aliphatic rings. The lowest BCUT2D eigenvalue weighted by molar-refractivity contribution is -0.132. The van der Waals surface area contributed by atoms with E-state index in [2.05, 4.69) is 26.6 Å². The third kappa shape index (κ3) is 2.70. The number of para-hydroxylation sites is 1. The van der Waals surface area contributed by atoms with Crippen LogP contribution in [0.15, 0.2) is 24.3 Å². The van der Waals surface area contributed by atoms with Crippen molar-refractivity contribution in [1.82, 2.24) is 20.5 Å². The van der Waals surface area contributed by atoms with Crippen LogP contribution >= 0.6 is 11.3 Å². The molecule has 0 radical (unpaired) electrons. The molecule has 4 rings (SSSR count). The van der Waals surface area contributed by atoms with Crippen molar-refractivity contribution < 1.29 is 9.59 Å². The van der Waals surface area contributed by atoms with Gasteiger partial charge in [0.1, 0.15) is 6.04 Å². The van der Waals surface area contributed by atoms with Crippen molar-refractivity contribution in [3.63, 3.8) is 0 Å². The van der Waals surface area contributed by atoms with E-state index < -0.39 is 6.04 Å². The van der Waals surface area contributed by atoms with E-state index in [1.165, 1.54) is 4.70 Å². The van der Waals surface area contributed by atoms with Crippen LogP contribution in [0.3, 0.4) is 0 Å². The van der Waals surface area contributed by atoms with Crippen LogP contribution in [-0.4, -0.2) is 60.6 Å². The average Bonchev–Trinajstić information content (AvgIpc) is 3.20. The fraction of sp³-hybridized carbons (Fsp3) is 0.400. The lowest BCUT2D eigenvalue weighted by Crippen LogP contribution is -2.54. The van der Waals surface area contributed by atoms with Gasteiger partial charge in [-0.25, -0.2) is 9.78 Å². The zero-order valence-electron chi connectivity index (χ0n) is 12.5. The number of hydrogen-bond donors (Lipinski definition) is 2. The maximum atomic E-state index is 12.4. The van der Waals surface area contributed by atoms with Crippen LogP contribution in [0, 0.1) is 0 Å². The maximum Gasteiger partial charge on any atom is 0.315 e. The zero-order chi connectivity index (χ0) is 15.8. The summed E-state index contributed by atoms with van der Waals surface area (Å²) in [6.45, 7) is 3.21. The number of carbonyl (C=O) groups excluding carboxylic acids is 2. The number of nitrogens with zero attached hydrogens (tertiary/aromatic N) is 3. The zero-order valence-corrected chi connectivity index (χ0v) is 13.3. The molecule has 1 atom stereocenters. The first kappa shape index (κ1) is 14.3. The number of piperazine rings is 1. The van der Waals surface area contributed by atoms with Crippen LogP contribution in [-0.2, 0) is 4.79 Å². The van der Waals surface area contributed by atoms with E-state index in [0.29, 0.717) is 19.6 Å². The highest BCUT2D eigenvalue weighted by atomic mass is 32.1. The van der Waals surface area contributed by atoms with Crippen molar-refractivity contribution in [3.05, 3.63) is 24.3 Å². The van der Waals surface area contributed by atoms with Crippen molar-refractivity contribution in [2.75, 3.05) is 37.6 Å². The smallest absolute Gasteiger partial charge is 0.315 e. The number of amides is 3. The van der Waals surface area contributed by atoms with Crippen molar-refractivity contribution in [3.8, 4) is 0 Å². The van der Waals surface area contributed by atoms with Gasteiger partial charge in [-0.1, -0.05) is 23.5 Å². The number of nitrogens with one attached hydrogen (secondary N) is 2. The Morgan fingerprint density at radius 2 is 2.00 bits per heavy atom. The van der Waals surface area contributed by atoms with Crippen molar-refractivity contribution in [2.45, 2.75) is 6.04 Å². The number of urea groups is 1. The molecule has 2 aliphatic heterocycles. The second-order valence-corrected chi connectivity index (χ2v) is 6.69. The van der Waals surface area contributed by atoms with Gasteiger partial charge in [0.25, 0.3) is 0 Å². The summed E-state index contributed by atoms with van der Waals surface area (Å²) in [6.07, 6.45) is 0. The molecule has 0 bridgehead atoms. The van der Waals surface area contributed by atoms with Crippen LogP contribution < -0.4 is 15.5 Å². The molecule has 1 aromatic heterocycles. The molecule has 8 heteroatoms. The Kier molecular flexibility index (Phi) is 3.53. The highest BCUT2D eigenvalue weighted by Gasteiger charge is 2.32. The van der Waals surface area contributed by atoms with Gasteiger partial charge in [-0.3, -0.25) is 4.79 Å². The largest absolute Gasteiger partial charge is 0.345 e. The predicted octanol–water partition coefficient (Wildman–Crippen LogP) is 0.626. The Hall–Kier alpha value is -2.35. The van der Waals surface area contributed by atoms with E-state index in [9.17, 15) is 9.59 Å². The summed E-state index contributed by atoms with van der Waals surface area (Å²) in [6, 6.07) is 7.40. The number of carbonyl (C=O) groups is 2. The van der Waals surface area contributed by atoms with Crippen molar-refractivity contribution >= 4 is 38.6 Å². The molecule has 2 N–H and O–H groups in total. The number of anilines is 1. The van der Waals surface area contributed by atoms with Gasteiger partial charge in [-0.2, -0.15) is 0 Å². The molecule has 2 saturated heterocycles. The summed E-state index contributed by atoms with van der Waals surface area (Å²) in [5, 5.41) is 6.28. The molecule has 2 aromatic rings. The minimum absolute atomic E-state index is 0.00713. The summed E-state index contributed by atoms with van der Waals surface area (Å²) in [5.74, 6) is -0.00713. The number of fused-ring (bicyclic) bond motifs is 1. The molecular weight excluding hydrogens is 314 g/mol. The minimum atomic E-state index is -0.434. The third-order valence-electron chi connectivity index (χ3n) is 4.21. The molecule has 0 unspecified atom stereocenters. The quantitative estimate of drug-likeness (QED) is 0.846. The molecule has 3 amide bonds. The highest BCUT2D eigenvalue weighted by molar-refractivity contribution is 7.22. The fourth-order valence-electron chi connectivity index (χ4n) is 2.94. The molecule has 3 heterocycles. The summed E-state index contributed by atoms with van der Waals surface area (Å²) in [4.78, 5) is 32.2. The Morgan fingerprint density at radius 3 is 2.70 bits per heavy atom. The van der Waals surface area contributed by atoms with E-state index in [-0.39, 0.29) is 11.9 Å². The van der Waals surface area contributed by atoms with Gasteiger partial charge >= 0.3 is 6.03 Å². The molecule has 0 spiro atoms. The number of aromatic nitrogens is 1. The van der Waals surface area contributed by atoms with Gasteiger partial charge in [0.2, 0.25) is 5.91 Å². The van der Waals surface area contributed by atoms with E-state index in [0.717, 1.165) is 23.7 Å². The molecule has 23 heavy (non-hydrogen) atoms. The molecule has 120 valence electrons. The summed E-state index contributed by atoms with van der Waals surface area (Å²) < 4.78 is 1.18. The van der Waals surface area contributed by atoms with Gasteiger partial charge in [0, 0.05) is 32.7 Å². The van der Waals surface area contributed by atoms with Gasteiger partial charge in [-0.15, -0.1) is 0 Å². The van der Waals surface area contributed by atoms with Crippen LogP contribution in [0.5, 0.6) is 0 Å². The molecule has 0 aliphatic carbocycles. The van der Waals surface area contributed by atoms with E-state index in [1.54, 1.807) is 11.3 Å². The molecule has 0 saturated carbocycles. The van der Waals surface area contributed by atoms with E-state index in [4.69, 9.17) is 0 Å². The van der Waals surface area contributed by atoms with E-state index in [1.807, 2.05) is 23.1 Å². The average molecular weight is 331 g/mol. The molecule has 2 fully saturated rings. The topological polar surface area (TPSA) is 77.6 Å². The number of rotatable bonds is 2. The Bertz CT molecular complexity index is 720. The standard InChI is InChI=1S/C15H17N5O2S/c21-13(11-9-16-14(22)17-11)19-5-7-20(8-6-19)15-18-10-3-1-2-4-12(10)23-15/h1-4,11H,5-9H2,(H2,16,17,22)/t11-/m0/s1. The SMILES string of the molecule is O=C1NC[C@@H](C(=O)N2CCN(c3nc4ccccc4s3)CC2)N1. The number of hydrogen-bond acceptors (Lipinski definition) is 5. The first-order valence-corrected chi connectivity index (χ1v) is 8.46. The van der Waals surface area contributed by atoms with Crippen molar-refractivity contribution in [2.24, 2.45) is 0 Å². The molecular formula is C15H17N5O2S. The van der Waals surface area contributed by atoms with Crippen molar-refractivity contribution in [1.29, 1.82) is 0 Å². The Morgan fingerprint density at radius 1 is 1.22 bits per heavy atom. The molecule has 1 aromatic carbocycles. The van der Waals surface area contributed by atoms with Crippen LogP contribution in [0.2, 0.25) is 0 Å². The third-order valence-corrected chi connectivity index (χ3v) is 5.31. The predicted molar refractivity (Wildman–Crippen MR) is 88.7 cm³/mol. The lowest BCUT2D eigenvalue weighted by atomic mass is 10.2. The number of thiazole rings is 1. The van der Waals surface area contributed by atoms with Gasteiger partial charge in [0.05, 0.1) is 10.2 Å². The summed E-state index contributed by atoms with van der Waals surface area (Å²) in [7, 11) is 0. The lowest BCUT2D eigenvalue weighted by Gasteiger charge is -2.35. The normalized spacial score (nSPS) is 21.4. The summed E-state index contributed by atoms with van der Waals surface area (Å²) in [5.41, 5.74) is 1.02. The Labute approximate surface area is 137 Å². The number of benzene rings is 1. The van der Waals surface area contributed by atoms with Gasteiger partial charge in [0.15, 0.2) is 5.13 Å². The van der Waals surface area contributed by atoms with E-state index >= 15 is 0 Å². The first-order chi connectivity index (χ1) is 11.2. The maximum absolute atomic E-state index is 12.4. The fourth-order valence-corrected chi connectivity index (χ4v) is 3.96. The Balaban J connectivity index is 1.40. The van der Waals surface area contributed by atoms with Crippen LogP contribution in [0.25, 0.3) is 10.2 Å². The molecule has 7 nitrogen and oxygen atoms in total. The second-order valence-electron chi connectivity index (χ2n) is 5.68. The van der Waals surface area contributed by atoms with Gasteiger partial charge in [-0.05, 0) is 12.1 Å². The minimum Gasteiger partial charge on any atom is -0.345 e. The van der Waals surface area contributed by atoms with Gasteiger partial charge < -0.3 is 20.4 Å². The highest BCUT2D eigenvalue weighted by Crippen LogP contribution is 2.29. The summed E-state index contributed by atoms with van der Waals surface area (Å²) >= 11 is 1.68. The van der Waals surface area contributed by atoms with Crippen LogP contribution in [0.4, 0.5) is 9.93 Å². The second kappa shape index (κ2) is 5.69. The van der Waals surface area contributed by atoms with Crippen LogP contribution in [0.1, 0.15) is 0 Å². The monoisotopic (exact) mass is 331 g/mol.